The summed E-state index contributed by atoms with van der Waals surface area (Å²) in [7, 11) is 3.00. The molecule has 0 fully saturated rings. The number of methoxy groups -OCH3 is 2. The summed E-state index contributed by atoms with van der Waals surface area (Å²) in [6, 6.07) is 19.4. The standard InChI is InChI=1S/C21H20N2O3S2/c1-25-16-10-8-14(9-11-16)13-22-21(27)23-19-17(20(24)26-2)12-18(28-19)15-6-4-3-5-7-15/h3-12H,13H2,1-2H3,(H2,22,23,27). The SMILES string of the molecule is COC(=O)c1cc(-c2ccccc2)sc1NC(=S)NCc1ccc(OC)cc1. The third kappa shape index (κ3) is 4.88. The van der Waals surface area contributed by atoms with E-state index < -0.39 is 5.97 Å². The average molecular weight is 413 g/mol. The Balaban J connectivity index is 1.71. The van der Waals surface area contributed by atoms with Crippen molar-refractivity contribution in [1.29, 1.82) is 0 Å². The Hall–Kier alpha value is -2.90. The summed E-state index contributed by atoms with van der Waals surface area (Å²) in [4.78, 5) is 13.1. The molecule has 0 bridgehead atoms. The highest BCUT2D eigenvalue weighted by atomic mass is 32.1. The second-order valence-electron chi connectivity index (χ2n) is 5.87. The van der Waals surface area contributed by atoms with E-state index in [-0.39, 0.29) is 0 Å². The first-order chi connectivity index (χ1) is 13.6. The molecule has 3 rings (SSSR count). The monoisotopic (exact) mass is 412 g/mol. The smallest absolute Gasteiger partial charge is 0.340 e. The second kappa shape index (κ2) is 9.34. The topological polar surface area (TPSA) is 59.6 Å². The zero-order valence-electron chi connectivity index (χ0n) is 15.5. The van der Waals surface area contributed by atoms with Crippen LogP contribution < -0.4 is 15.4 Å². The molecule has 3 aromatic rings. The van der Waals surface area contributed by atoms with Gasteiger partial charge in [-0.3, -0.25) is 0 Å². The quantitative estimate of drug-likeness (QED) is 0.452. The van der Waals surface area contributed by atoms with Crippen molar-refractivity contribution in [2.75, 3.05) is 19.5 Å². The van der Waals surface area contributed by atoms with Gasteiger partial charge in [-0.25, -0.2) is 4.79 Å². The normalized spacial score (nSPS) is 10.2. The minimum absolute atomic E-state index is 0.404. The number of carbonyl (C=O) groups is 1. The van der Waals surface area contributed by atoms with Crippen molar-refractivity contribution in [3.05, 3.63) is 71.8 Å². The Labute approximate surface area is 173 Å². The van der Waals surface area contributed by atoms with E-state index in [1.165, 1.54) is 18.4 Å². The van der Waals surface area contributed by atoms with E-state index >= 15 is 0 Å². The summed E-state index contributed by atoms with van der Waals surface area (Å²) in [5.74, 6) is 0.401. The van der Waals surface area contributed by atoms with Gasteiger partial charge in [0.2, 0.25) is 0 Å². The van der Waals surface area contributed by atoms with Crippen LogP contribution in [-0.4, -0.2) is 25.3 Å². The summed E-state index contributed by atoms with van der Waals surface area (Å²) >= 11 is 6.86. The molecular weight excluding hydrogens is 392 g/mol. The van der Waals surface area contributed by atoms with Crippen LogP contribution in [-0.2, 0) is 11.3 Å². The van der Waals surface area contributed by atoms with Crippen LogP contribution in [0.3, 0.4) is 0 Å². The first kappa shape index (κ1) is 19.9. The van der Waals surface area contributed by atoms with Gasteiger partial charge in [0.15, 0.2) is 5.11 Å². The molecule has 144 valence electrons. The number of nitrogens with one attached hydrogen (secondary N) is 2. The lowest BCUT2D eigenvalue weighted by molar-refractivity contribution is 0.0602. The molecule has 0 atom stereocenters. The number of hydrogen-bond acceptors (Lipinski definition) is 5. The first-order valence-corrected chi connectivity index (χ1v) is 9.78. The molecule has 0 aliphatic carbocycles. The molecule has 5 nitrogen and oxygen atoms in total. The molecular formula is C21H20N2O3S2. The minimum Gasteiger partial charge on any atom is -0.497 e. The van der Waals surface area contributed by atoms with Crippen molar-refractivity contribution in [3.8, 4) is 16.2 Å². The van der Waals surface area contributed by atoms with E-state index in [0.29, 0.717) is 22.2 Å². The molecule has 2 aromatic carbocycles. The number of thiophene rings is 1. The number of rotatable bonds is 6. The molecule has 0 spiro atoms. The molecule has 0 radical (unpaired) electrons. The Kier molecular flexibility index (Phi) is 6.62. The van der Waals surface area contributed by atoms with E-state index in [1.807, 2.05) is 60.7 Å². The molecule has 0 amide bonds. The van der Waals surface area contributed by atoms with Gasteiger partial charge in [0.05, 0.1) is 19.8 Å². The molecule has 0 aliphatic heterocycles. The molecule has 2 N–H and O–H groups in total. The maximum Gasteiger partial charge on any atom is 0.340 e. The van der Waals surface area contributed by atoms with Gasteiger partial charge in [-0.1, -0.05) is 42.5 Å². The van der Waals surface area contributed by atoms with Crippen LogP contribution in [0.25, 0.3) is 10.4 Å². The molecule has 0 aliphatic rings. The molecule has 0 saturated heterocycles. The summed E-state index contributed by atoms with van der Waals surface area (Å²) in [6.07, 6.45) is 0. The number of ether oxygens (including phenoxy) is 2. The maximum absolute atomic E-state index is 12.2. The lowest BCUT2D eigenvalue weighted by Crippen LogP contribution is -2.28. The van der Waals surface area contributed by atoms with Crippen molar-refractivity contribution in [2.45, 2.75) is 6.54 Å². The number of thiocarbonyl (C=S) groups is 1. The van der Waals surface area contributed by atoms with Gasteiger partial charge >= 0.3 is 5.97 Å². The number of benzene rings is 2. The van der Waals surface area contributed by atoms with Crippen LogP contribution in [0.5, 0.6) is 5.75 Å². The van der Waals surface area contributed by atoms with Crippen molar-refractivity contribution in [2.24, 2.45) is 0 Å². The largest absolute Gasteiger partial charge is 0.497 e. The van der Waals surface area contributed by atoms with Gasteiger partial charge in [0, 0.05) is 11.4 Å². The maximum atomic E-state index is 12.2. The second-order valence-corrected chi connectivity index (χ2v) is 7.33. The molecule has 28 heavy (non-hydrogen) atoms. The lowest BCUT2D eigenvalue weighted by Gasteiger charge is -2.10. The third-order valence-electron chi connectivity index (χ3n) is 4.03. The van der Waals surface area contributed by atoms with Gasteiger partial charge < -0.3 is 20.1 Å². The minimum atomic E-state index is -0.404. The fraction of sp³-hybridized carbons (Fsp3) is 0.143. The highest BCUT2D eigenvalue weighted by Gasteiger charge is 2.18. The first-order valence-electron chi connectivity index (χ1n) is 8.56. The third-order valence-corrected chi connectivity index (χ3v) is 5.38. The predicted molar refractivity (Wildman–Crippen MR) is 117 cm³/mol. The van der Waals surface area contributed by atoms with E-state index in [2.05, 4.69) is 10.6 Å². The van der Waals surface area contributed by atoms with Crippen molar-refractivity contribution < 1.29 is 14.3 Å². The van der Waals surface area contributed by atoms with Gasteiger partial charge in [-0.05, 0) is 41.5 Å². The molecule has 0 unspecified atom stereocenters. The lowest BCUT2D eigenvalue weighted by atomic mass is 10.1. The van der Waals surface area contributed by atoms with Gasteiger partial charge in [0.25, 0.3) is 0 Å². The molecule has 1 aromatic heterocycles. The van der Waals surface area contributed by atoms with Crippen LogP contribution in [0.15, 0.2) is 60.7 Å². The summed E-state index contributed by atoms with van der Waals surface area (Å²) in [5, 5.41) is 7.36. The Morgan fingerprint density at radius 1 is 1.07 bits per heavy atom. The summed E-state index contributed by atoms with van der Waals surface area (Å²) < 4.78 is 10.1. The van der Waals surface area contributed by atoms with Crippen molar-refractivity contribution in [3.63, 3.8) is 0 Å². The Morgan fingerprint density at radius 2 is 1.79 bits per heavy atom. The van der Waals surface area contributed by atoms with Gasteiger partial charge in [0.1, 0.15) is 10.8 Å². The molecule has 0 saturated carbocycles. The summed E-state index contributed by atoms with van der Waals surface area (Å²) in [6.45, 7) is 0.556. The number of anilines is 1. The van der Waals surface area contributed by atoms with Gasteiger partial charge in [-0.15, -0.1) is 11.3 Å². The highest BCUT2D eigenvalue weighted by Crippen LogP contribution is 2.35. The Morgan fingerprint density at radius 3 is 2.43 bits per heavy atom. The van der Waals surface area contributed by atoms with Crippen LogP contribution >= 0.6 is 23.6 Å². The predicted octanol–water partition coefficient (Wildman–Crippen LogP) is 4.70. The van der Waals surface area contributed by atoms with E-state index in [1.54, 1.807) is 7.11 Å². The summed E-state index contributed by atoms with van der Waals surface area (Å²) in [5.41, 5.74) is 2.55. The zero-order chi connectivity index (χ0) is 19.9. The molecule has 7 heteroatoms. The fourth-order valence-corrected chi connectivity index (χ4v) is 3.86. The van der Waals surface area contributed by atoms with Crippen molar-refractivity contribution in [1.82, 2.24) is 5.32 Å². The number of carbonyl (C=O) groups excluding carboxylic acids is 1. The van der Waals surface area contributed by atoms with E-state index in [9.17, 15) is 4.79 Å². The number of esters is 1. The van der Waals surface area contributed by atoms with Crippen LogP contribution in [0.4, 0.5) is 5.00 Å². The van der Waals surface area contributed by atoms with Crippen molar-refractivity contribution >= 4 is 39.6 Å². The zero-order valence-corrected chi connectivity index (χ0v) is 17.2. The highest BCUT2D eigenvalue weighted by molar-refractivity contribution is 7.80. The van der Waals surface area contributed by atoms with Crippen LogP contribution in [0.1, 0.15) is 15.9 Å². The fourth-order valence-electron chi connectivity index (χ4n) is 2.56. The van der Waals surface area contributed by atoms with E-state index in [4.69, 9.17) is 21.7 Å². The Bertz CT molecular complexity index is 954. The van der Waals surface area contributed by atoms with Crippen LogP contribution in [0.2, 0.25) is 0 Å². The molecule has 1 heterocycles. The van der Waals surface area contributed by atoms with Gasteiger partial charge in [-0.2, -0.15) is 0 Å². The van der Waals surface area contributed by atoms with E-state index in [0.717, 1.165) is 21.8 Å². The number of hydrogen-bond donors (Lipinski definition) is 2. The van der Waals surface area contributed by atoms with Crippen LogP contribution in [0, 0.1) is 0 Å². The average Bonchev–Trinajstić information content (AvgIpc) is 3.16.